The fourth-order valence-corrected chi connectivity index (χ4v) is 4.34. The first-order valence-corrected chi connectivity index (χ1v) is 11.2. The summed E-state index contributed by atoms with van der Waals surface area (Å²) in [6.45, 7) is 3.67. The number of ether oxygens (including phenoxy) is 2. The number of piperazine rings is 1. The quantitative estimate of drug-likeness (QED) is 0.551. The van der Waals surface area contributed by atoms with Crippen LogP contribution in [0.3, 0.4) is 0 Å². The van der Waals surface area contributed by atoms with Crippen molar-refractivity contribution >= 4 is 17.2 Å². The van der Waals surface area contributed by atoms with Gasteiger partial charge in [-0.2, -0.15) is 5.26 Å². The van der Waals surface area contributed by atoms with Gasteiger partial charge < -0.3 is 14.4 Å². The minimum atomic E-state index is -0.0394. The van der Waals surface area contributed by atoms with Gasteiger partial charge in [0.25, 0.3) is 5.91 Å². The van der Waals surface area contributed by atoms with Crippen LogP contribution in [-0.4, -0.2) is 60.6 Å². The van der Waals surface area contributed by atoms with Gasteiger partial charge in [-0.3, -0.25) is 9.69 Å². The number of nitrogens with zero attached hydrogens (tertiary/aromatic N) is 4. The van der Waals surface area contributed by atoms with Gasteiger partial charge in [0.2, 0.25) is 0 Å². The van der Waals surface area contributed by atoms with Crippen LogP contribution in [0, 0.1) is 11.3 Å². The molecule has 1 saturated heterocycles. The van der Waals surface area contributed by atoms with E-state index in [4.69, 9.17) is 19.7 Å². The fraction of sp³-hybridized carbons (Fsp3) is 0.292. The Labute approximate surface area is 191 Å². The van der Waals surface area contributed by atoms with Gasteiger partial charge in [0, 0.05) is 43.7 Å². The summed E-state index contributed by atoms with van der Waals surface area (Å²) in [7, 11) is 1.66. The average Bonchev–Trinajstić information content (AvgIpc) is 3.31. The van der Waals surface area contributed by atoms with Crippen molar-refractivity contribution in [3.05, 3.63) is 65.2 Å². The first-order chi connectivity index (χ1) is 15.6. The number of rotatable bonds is 7. The van der Waals surface area contributed by atoms with E-state index in [1.54, 1.807) is 42.7 Å². The Morgan fingerprint density at radius 3 is 2.62 bits per heavy atom. The molecule has 8 heteroatoms. The van der Waals surface area contributed by atoms with Crippen molar-refractivity contribution in [1.29, 1.82) is 5.26 Å². The summed E-state index contributed by atoms with van der Waals surface area (Å²) in [4.78, 5) is 21.4. The first kappa shape index (κ1) is 21.8. The number of aromatic nitrogens is 1. The number of carbonyl (C=O) groups is 1. The van der Waals surface area contributed by atoms with Crippen molar-refractivity contribution in [2.75, 3.05) is 39.9 Å². The van der Waals surface area contributed by atoms with Crippen molar-refractivity contribution in [3.63, 3.8) is 0 Å². The molecule has 1 aliphatic rings. The number of hydrogen-bond donors (Lipinski definition) is 0. The van der Waals surface area contributed by atoms with E-state index < -0.39 is 0 Å². The fourth-order valence-electron chi connectivity index (χ4n) is 3.52. The van der Waals surface area contributed by atoms with E-state index >= 15 is 0 Å². The molecular formula is C24H24N4O3S. The zero-order chi connectivity index (χ0) is 22.3. The molecule has 0 bridgehead atoms. The maximum Gasteiger partial charge on any atom is 0.260 e. The molecule has 0 unspecified atom stereocenters. The predicted molar refractivity (Wildman–Crippen MR) is 123 cm³/mol. The zero-order valence-corrected chi connectivity index (χ0v) is 18.7. The number of nitriles is 1. The van der Waals surface area contributed by atoms with Crippen LogP contribution < -0.4 is 9.47 Å². The molecule has 0 aliphatic carbocycles. The Bertz CT molecular complexity index is 1100. The van der Waals surface area contributed by atoms with Crippen LogP contribution in [-0.2, 0) is 11.3 Å². The smallest absolute Gasteiger partial charge is 0.260 e. The highest BCUT2D eigenvalue weighted by Gasteiger charge is 2.22. The summed E-state index contributed by atoms with van der Waals surface area (Å²) in [5, 5.41) is 12.1. The second kappa shape index (κ2) is 10.3. The summed E-state index contributed by atoms with van der Waals surface area (Å²) in [6.07, 6.45) is 0. The van der Waals surface area contributed by atoms with Gasteiger partial charge in [0.05, 0.1) is 24.4 Å². The van der Waals surface area contributed by atoms with Crippen LogP contribution in [0.1, 0.15) is 11.3 Å². The number of thiazole rings is 1. The summed E-state index contributed by atoms with van der Waals surface area (Å²) < 4.78 is 10.8. The lowest BCUT2D eigenvalue weighted by Gasteiger charge is -2.34. The third kappa shape index (κ3) is 5.44. The van der Waals surface area contributed by atoms with Crippen molar-refractivity contribution in [2.24, 2.45) is 0 Å². The summed E-state index contributed by atoms with van der Waals surface area (Å²) in [5.74, 6) is 1.33. The minimum absolute atomic E-state index is 0.0216. The van der Waals surface area contributed by atoms with Gasteiger partial charge in [-0.05, 0) is 42.5 Å². The SMILES string of the molecule is COc1ccc(-c2nc(CN3CCN(C(=O)COc4cccc(C#N)c4)CC3)cs2)cc1. The zero-order valence-electron chi connectivity index (χ0n) is 17.9. The molecule has 1 aliphatic heterocycles. The van der Waals surface area contributed by atoms with E-state index in [-0.39, 0.29) is 12.5 Å². The van der Waals surface area contributed by atoms with E-state index in [1.807, 2.05) is 29.2 Å². The van der Waals surface area contributed by atoms with Crippen LogP contribution in [0.5, 0.6) is 11.5 Å². The van der Waals surface area contributed by atoms with Crippen LogP contribution in [0.2, 0.25) is 0 Å². The Balaban J connectivity index is 1.24. The first-order valence-electron chi connectivity index (χ1n) is 10.4. The van der Waals surface area contributed by atoms with Gasteiger partial charge in [-0.1, -0.05) is 6.07 Å². The summed E-state index contributed by atoms with van der Waals surface area (Å²) in [5.41, 5.74) is 2.64. The van der Waals surface area contributed by atoms with Crippen molar-refractivity contribution in [3.8, 4) is 28.1 Å². The van der Waals surface area contributed by atoms with E-state index in [0.717, 1.165) is 41.6 Å². The van der Waals surface area contributed by atoms with Crippen molar-refractivity contribution in [1.82, 2.24) is 14.8 Å². The van der Waals surface area contributed by atoms with Gasteiger partial charge in [0.1, 0.15) is 16.5 Å². The largest absolute Gasteiger partial charge is 0.497 e. The molecular weight excluding hydrogens is 424 g/mol. The van der Waals surface area contributed by atoms with Crippen LogP contribution in [0.15, 0.2) is 53.9 Å². The van der Waals surface area contributed by atoms with E-state index in [2.05, 4.69) is 16.3 Å². The Morgan fingerprint density at radius 2 is 1.91 bits per heavy atom. The molecule has 3 aromatic rings. The van der Waals surface area contributed by atoms with Crippen molar-refractivity contribution in [2.45, 2.75) is 6.54 Å². The molecule has 1 fully saturated rings. The third-order valence-electron chi connectivity index (χ3n) is 5.32. The summed E-state index contributed by atoms with van der Waals surface area (Å²) >= 11 is 1.64. The number of amides is 1. The molecule has 4 rings (SSSR count). The minimum Gasteiger partial charge on any atom is -0.497 e. The maximum atomic E-state index is 12.5. The summed E-state index contributed by atoms with van der Waals surface area (Å²) in [6, 6.07) is 16.8. The molecule has 2 heterocycles. The molecule has 0 saturated carbocycles. The standard InChI is InChI=1S/C24H24N4O3S/c1-30-21-7-5-19(6-8-21)24-26-20(17-32-24)15-27-9-11-28(12-10-27)23(29)16-31-22-4-2-3-18(13-22)14-25/h2-8,13,17H,9-12,15-16H2,1H3. The highest BCUT2D eigenvalue weighted by atomic mass is 32.1. The number of carbonyl (C=O) groups excluding carboxylic acids is 1. The van der Waals surface area contributed by atoms with E-state index in [9.17, 15) is 4.79 Å². The van der Waals surface area contributed by atoms with Crippen LogP contribution in [0.4, 0.5) is 0 Å². The van der Waals surface area contributed by atoms with E-state index in [0.29, 0.717) is 24.4 Å². The van der Waals surface area contributed by atoms with Gasteiger partial charge >= 0.3 is 0 Å². The Kier molecular flexibility index (Phi) is 7.00. The second-order valence-electron chi connectivity index (χ2n) is 7.46. The predicted octanol–water partition coefficient (Wildman–Crippen LogP) is 3.41. The topological polar surface area (TPSA) is 78.7 Å². The van der Waals surface area contributed by atoms with Gasteiger partial charge in [0.15, 0.2) is 6.61 Å². The lowest BCUT2D eigenvalue weighted by atomic mass is 10.2. The molecule has 0 atom stereocenters. The molecule has 32 heavy (non-hydrogen) atoms. The molecule has 7 nitrogen and oxygen atoms in total. The van der Waals surface area contributed by atoms with Gasteiger partial charge in [-0.25, -0.2) is 4.98 Å². The highest BCUT2D eigenvalue weighted by Crippen LogP contribution is 2.26. The molecule has 0 radical (unpaired) electrons. The number of hydrogen-bond acceptors (Lipinski definition) is 7. The second-order valence-corrected chi connectivity index (χ2v) is 8.32. The lowest BCUT2D eigenvalue weighted by molar-refractivity contribution is -0.135. The van der Waals surface area contributed by atoms with Crippen LogP contribution >= 0.6 is 11.3 Å². The third-order valence-corrected chi connectivity index (χ3v) is 6.26. The normalized spacial score (nSPS) is 14.1. The lowest BCUT2D eigenvalue weighted by Crippen LogP contribution is -2.49. The molecule has 1 amide bonds. The Hall–Kier alpha value is -3.41. The maximum absolute atomic E-state index is 12.5. The van der Waals surface area contributed by atoms with Crippen molar-refractivity contribution < 1.29 is 14.3 Å². The monoisotopic (exact) mass is 448 g/mol. The Morgan fingerprint density at radius 1 is 1.12 bits per heavy atom. The number of benzene rings is 2. The highest BCUT2D eigenvalue weighted by molar-refractivity contribution is 7.13. The van der Waals surface area contributed by atoms with Crippen LogP contribution in [0.25, 0.3) is 10.6 Å². The average molecular weight is 449 g/mol. The molecule has 2 aromatic carbocycles. The van der Waals surface area contributed by atoms with Gasteiger partial charge in [-0.15, -0.1) is 11.3 Å². The molecule has 0 spiro atoms. The molecule has 164 valence electrons. The number of methoxy groups -OCH3 is 1. The molecule has 1 aromatic heterocycles. The van der Waals surface area contributed by atoms with E-state index in [1.165, 1.54) is 0 Å². The molecule has 0 N–H and O–H groups in total.